The minimum Gasteiger partial charge on any atom is -0.508 e. The molecule has 0 bridgehead atoms. The van der Waals surface area contributed by atoms with Crippen molar-refractivity contribution in [1.29, 1.82) is 0 Å². The quantitative estimate of drug-likeness (QED) is 0.664. The summed E-state index contributed by atoms with van der Waals surface area (Å²) >= 11 is 0. The molecule has 0 unspecified atom stereocenters. The predicted octanol–water partition coefficient (Wildman–Crippen LogP) is 3.84. The second-order valence-electron chi connectivity index (χ2n) is 3.34. The molecule has 1 rings (SSSR count). The van der Waals surface area contributed by atoms with E-state index in [1.807, 2.05) is 6.08 Å². The van der Waals surface area contributed by atoms with Crippen molar-refractivity contribution in [3.05, 3.63) is 60.4 Å². The van der Waals surface area contributed by atoms with Crippen molar-refractivity contribution in [3.63, 3.8) is 0 Å². The summed E-state index contributed by atoms with van der Waals surface area (Å²) in [4.78, 5) is 0. The Morgan fingerprint density at radius 3 is 2.36 bits per heavy atom. The van der Waals surface area contributed by atoms with E-state index in [1.54, 1.807) is 12.2 Å². The molecular formula is C13H16O. The summed E-state index contributed by atoms with van der Waals surface area (Å²) in [6.45, 7) is 11.4. The normalized spacial score (nSPS) is 16.6. The number of rotatable bonds is 4. The van der Waals surface area contributed by atoms with Crippen molar-refractivity contribution in [2.75, 3.05) is 0 Å². The van der Waals surface area contributed by atoms with E-state index in [4.69, 9.17) is 0 Å². The molecule has 0 saturated heterocycles. The first-order chi connectivity index (χ1) is 6.70. The second-order valence-corrected chi connectivity index (χ2v) is 3.34. The van der Waals surface area contributed by atoms with Crippen LogP contribution in [-0.4, -0.2) is 5.11 Å². The van der Waals surface area contributed by atoms with Crippen LogP contribution < -0.4 is 0 Å². The maximum atomic E-state index is 9.69. The van der Waals surface area contributed by atoms with Crippen molar-refractivity contribution in [2.24, 2.45) is 0 Å². The minimum absolute atomic E-state index is 0.370. The monoisotopic (exact) mass is 188 g/mol. The Kier molecular flexibility index (Phi) is 3.52. The van der Waals surface area contributed by atoms with Gasteiger partial charge >= 0.3 is 0 Å². The average Bonchev–Trinajstić information content (AvgIpc) is 2.17. The Morgan fingerprint density at radius 2 is 1.79 bits per heavy atom. The molecule has 1 heteroatoms. The highest BCUT2D eigenvalue weighted by atomic mass is 16.3. The van der Waals surface area contributed by atoms with Gasteiger partial charge < -0.3 is 5.11 Å². The van der Waals surface area contributed by atoms with E-state index in [0.717, 1.165) is 29.6 Å². The highest BCUT2D eigenvalue weighted by Gasteiger charge is 2.15. The number of aliphatic hydroxyl groups is 1. The Labute approximate surface area is 85.5 Å². The zero-order valence-electron chi connectivity index (χ0n) is 8.42. The molecule has 0 fully saturated rings. The summed E-state index contributed by atoms with van der Waals surface area (Å²) < 4.78 is 0. The largest absolute Gasteiger partial charge is 0.508 e. The number of aliphatic hydroxyl groups excluding tert-OH is 1. The standard InChI is InChI=1S/C13H16O/c1-4-6-11-10(3)8-9-13(14)12(11)7-5-2/h4-5,9,14H,1-3,6-8H2. The highest BCUT2D eigenvalue weighted by molar-refractivity contribution is 5.47. The van der Waals surface area contributed by atoms with Gasteiger partial charge in [-0.25, -0.2) is 0 Å². The number of hydrogen-bond donors (Lipinski definition) is 1. The molecular weight excluding hydrogens is 172 g/mol. The van der Waals surface area contributed by atoms with Gasteiger partial charge in [0, 0.05) is 5.57 Å². The van der Waals surface area contributed by atoms with Gasteiger partial charge in [0.25, 0.3) is 0 Å². The van der Waals surface area contributed by atoms with Crippen LogP contribution in [0.2, 0.25) is 0 Å². The lowest BCUT2D eigenvalue weighted by molar-refractivity contribution is 0.415. The van der Waals surface area contributed by atoms with E-state index >= 15 is 0 Å². The molecule has 0 aromatic heterocycles. The molecule has 0 aromatic rings. The van der Waals surface area contributed by atoms with Crippen LogP contribution in [0, 0.1) is 0 Å². The molecule has 0 atom stereocenters. The zero-order chi connectivity index (χ0) is 10.6. The SMILES string of the molecule is C=CCC1=C(CC=C)C(O)=CCC1=C. The molecule has 1 N–H and O–H groups in total. The van der Waals surface area contributed by atoms with Gasteiger partial charge in [-0.05, 0) is 36.5 Å². The van der Waals surface area contributed by atoms with E-state index in [1.165, 1.54) is 0 Å². The first-order valence-corrected chi connectivity index (χ1v) is 4.72. The molecule has 14 heavy (non-hydrogen) atoms. The first-order valence-electron chi connectivity index (χ1n) is 4.72. The number of allylic oxidation sites excluding steroid dienone is 6. The first kappa shape index (κ1) is 10.6. The summed E-state index contributed by atoms with van der Waals surface area (Å²) in [5, 5.41) is 9.69. The Hall–Kier alpha value is -1.50. The lowest BCUT2D eigenvalue weighted by Crippen LogP contribution is -2.02. The average molecular weight is 188 g/mol. The fourth-order valence-electron chi connectivity index (χ4n) is 1.62. The van der Waals surface area contributed by atoms with Crippen molar-refractivity contribution < 1.29 is 5.11 Å². The van der Waals surface area contributed by atoms with E-state index in [-0.39, 0.29) is 0 Å². The Bertz CT molecular complexity index is 317. The van der Waals surface area contributed by atoms with Crippen LogP contribution in [-0.2, 0) is 0 Å². The van der Waals surface area contributed by atoms with Crippen LogP contribution in [0.4, 0.5) is 0 Å². The maximum absolute atomic E-state index is 9.69. The van der Waals surface area contributed by atoms with Gasteiger partial charge in [-0.1, -0.05) is 18.7 Å². The summed E-state index contributed by atoms with van der Waals surface area (Å²) in [6.07, 6.45) is 7.61. The van der Waals surface area contributed by atoms with Crippen LogP contribution in [0.1, 0.15) is 19.3 Å². The third-order valence-electron chi connectivity index (χ3n) is 2.34. The van der Waals surface area contributed by atoms with Crippen LogP contribution in [0.25, 0.3) is 0 Å². The minimum atomic E-state index is 0.370. The highest BCUT2D eigenvalue weighted by Crippen LogP contribution is 2.31. The van der Waals surface area contributed by atoms with Crippen molar-refractivity contribution >= 4 is 0 Å². The summed E-state index contributed by atoms with van der Waals surface area (Å²) in [7, 11) is 0. The lowest BCUT2D eigenvalue weighted by Gasteiger charge is -2.19. The van der Waals surface area contributed by atoms with E-state index in [9.17, 15) is 5.11 Å². The van der Waals surface area contributed by atoms with Gasteiger partial charge in [-0.15, -0.1) is 13.2 Å². The molecule has 1 aliphatic carbocycles. The van der Waals surface area contributed by atoms with E-state index < -0.39 is 0 Å². The van der Waals surface area contributed by atoms with Crippen molar-refractivity contribution in [1.82, 2.24) is 0 Å². The summed E-state index contributed by atoms with van der Waals surface area (Å²) in [5.74, 6) is 0.370. The number of hydrogen-bond acceptors (Lipinski definition) is 1. The van der Waals surface area contributed by atoms with Gasteiger partial charge in [0.05, 0.1) is 0 Å². The third kappa shape index (κ3) is 2.05. The Balaban J connectivity index is 3.09. The molecule has 1 nitrogen and oxygen atoms in total. The van der Waals surface area contributed by atoms with Gasteiger partial charge in [-0.2, -0.15) is 0 Å². The maximum Gasteiger partial charge on any atom is 0.115 e. The summed E-state index contributed by atoms with van der Waals surface area (Å²) in [5.41, 5.74) is 3.12. The van der Waals surface area contributed by atoms with E-state index in [0.29, 0.717) is 12.2 Å². The van der Waals surface area contributed by atoms with E-state index in [2.05, 4.69) is 19.7 Å². The zero-order valence-corrected chi connectivity index (χ0v) is 8.42. The second kappa shape index (κ2) is 4.66. The summed E-state index contributed by atoms with van der Waals surface area (Å²) in [6, 6.07) is 0. The van der Waals surface area contributed by atoms with Gasteiger partial charge in [-0.3, -0.25) is 0 Å². The van der Waals surface area contributed by atoms with Crippen LogP contribution in [0.5, 0.6) is 0 Å². The molecule has 74 valence electrons. The smallest absolute Gasteiger partial charge is 0.115 e. The molecule has 0 aromatic carbocycles. The molecule has 0 saturated carbocycles. The van der Waals surface area contributed by atoms with Gasteiger partial charge in [0.2, 0.25) is 0 Å². The van der Waals surface area contributed by atoms with Crippen LogP contribution in [0.3, 0.4) is 0 Å². The van der Waals surface area contributed by atoms with Crippen LogP contribution in [0.15, 0.2) is 60.4 Å². The van der Waals surface area contributed by atoms with Crippen molar-refractivity contribution in [3.8, 4) is 0 Å². The van der Waals surface area contributed by atoms with Crippen LogP contribution >= 0.6 is 0 Å². The topological polar surface area (TPSA) is 20.2 Å². The molecule has 0 spiro atoms. The van der Waals surface area contributed by atoms with Gasteiger partial charge in [0.1, 0.15) is 5.76 Å². The molecule has 1 aliphatic rings. The molecule has 0 radical (unpaired) electrons. The molecule has 0 amide bonds. The molecule has 0 heterocycles. The lowest BCUT2D eigenvalue weighted by atomic mass is 9.88. The fraction of sp³-hybridized carbons (Fsp3) is 0.231. The van der Waals surface area contributed by atoms with Crippen molar-refractivity contribution in [2.45, 2.75) is 19.3 Å². The molecule has 0 aliphatic heterocycles. The predicted molar refractivity (Wildman–Crippen MR) is 61.1 cm³/mol. The fourth-order valence-corrected chi connectivity index (χ4v) is 1.62. The third-order valence-corrected chi connectivity index (χ3v) is 2.34. The van der Waals surface area contributed by atoms with Gasteiger partial charge in [0.15, 0.2) is 0 Å². The Morgan fingerprint density at radius 1 is 1.21 bits per heavy atom.